The van der Waals surface area contributed by atoms with Gasteiger partial charge in [0.25, 0.3) is 5.91 Å². The molecule has 0 fully saturated rings. The van der Waals surface area contributed by atoms with Crippen LogP contribution in [0.3, 0.4) is 0 Å². The molecule has 2 aromatic rings. The molecule has 3 N–H and O–H groups in total. The highest BCUT2D eigenvalue weighted by molar-refractivity contribution is 6.02. The summed E-state index contributed by atoms with van der Waals surface area (Å²) in [5, 5.41) is 0. The van der Waals surface area contributed by atoms with Crippen LogP contribution < -0.4 is 11.3 Å². The molecule has 0 heterocycles. The number of carbonyl (C=O) groups is 1. The highest BCUT2D eigenvalue weighted by atomic mass is 16.2. The first kappa shape index (κ1) is 12.3. The maximum Gasteiger partial charge on any atom is 0.266 e. The molecule has 92 valence electrons. The van der Waals surface area contributed by atoms with E-state index in [0.717, 1.165) is 22.3 Å². The average molecular weight is 240 g/mol. The van der Waals surface area contributed by atoms with Crippen molar-refractivity contribution in [2.45, 2.75) is 13.8 Å². The van der Waals surface area contributed by atoms with Crippen molar-refractivity contribution in [1.29, 1.82) is 0 Å². The van der Waals surface area contributed by atoms with Crippen LogP contribution in [0.15, 0.2) is 42.5 Å². The lowest BCUT2D eigenvalue weighted by atomic mass is 9.93. The Bertz CT molecular complexity index is 577. The molecule has 1 amide bonds. The number of nitrogens with two attached hydrogens (primary N) is 1. The number of nitrogen functional groups attached to an aromatic ring is 1. The molecular formula is C15H16N2O. The van der Waals surface area contributed by atoms with Crippen LogP contribution in [0, 0.1) is 13.8 Å². The lowest BCUT2D eigenvalue weighted by Gasteiger charge is -2.13. The SMILES string of the molecule is Cc1cc(C)c(C(=O)NN)c(-c2ccccc2)c1. The molecule has 0 aromatic heterocycles. The normalized spacial score (nSPS) is 10.2. The van der Waals surface area contributed by atoms with Crippen molar-refractivity contribution >= 4 is 5.91 Å². The van der Waals surface area contributed by atoms with E-state index < -0.39 is 0 Å². The monoisotopic (exact) mass is 240 g/mol. The Morgan fingerprint density at radius 3 is 2.39 bits per heavy atom. The summed E-state index contributed by atoms with van der Waals surface area (Å²) in [6.07, 6.45) is 0. The van der Waals surface area contributed by atoms with Crippen LogP contribution in [0.25, 0.3) is 11.1 Å². The van der Waals surface area contributed by atoms with Crippen LogP contribution in [-0.2, 0) is 0 Å². The van der Waals surface area contributed by atoms with Crippen LogP contribution in [0.2, 0.25) is 0 Å². The van der Waals surface area contributed by atoms with Crippen LogP contribution in [0.1, 0.15) is 21.5 Å². The van der Waals surface area contributed by atoms with E-state index in [-0.39, 0.29) is 5.91 Å². The summed E-state index contributed by atoms with van der Waals surface area (Å²) in [6.45, 7) is 3.94. The lowest BCUT2D eigenvalue weighted by Crippen LogP contribution is -2.31. The van der Waals surface area contributed by atoms with Crippen LogP contribution >= 0.6 is 0 Å². The number of benzene rings is 2. The average Bonchev–Trinajstić information content (AvgIpc) is 2.38. The van der Waals surface area contributed by atoms with Gasteiger partial charge < -0.3 is 0 Å². The fourth-order valence-electron chi connectivity index (χ4n) is 2.19. The van der Waals surface area contributed by atoms with Crippen molar-refractivity contribution in [3.8, 4) is 11.1 Å². The van der Waals surface area contributed by atoms with Crippen LogP contribution in [0.5, 0.6) is 0 Å². The Kier molecular flexibility index (Phi) is 3.44. The second-order valence-electron chi connectivity index (χ2n) is 4.34. The van der Waals surface area contributed by atoms with Gasteiger partial charge >= 0.3 is 0 Å². The van der Waals surface area contributed by atoms with Gasteiger partial charge in [0, 0.05) is 0 Å². The van der Waals surface area contributed by atoms with E-state index in [2.05, 4.69) is 5.43 Å². The molecule has 0 saturated carbocycles. The fourth-order valence-corrected chi connectivity index (χ4v) is 2.19. The number of hydrogen-bond acceptors (Lipinski definition) is 2. The van der Waals surface area contributed by atoms with Crippen molar-refractivity contribution in [2.24, 2.45) is 5.84 Å². The van der Waals surface area contributed by atoms with E-state index in [1.54, 1.807) is 0 Å². The molecule has 2 rings (SSSR count). The first-order chi connectivity index (χ1) is 8.63. The minimum Gasteiger partial charge on any atom is -0.290 e. The van der Waals surface area contributed by atoms with E-state index in [1.165, 1.54) is 0 Å². The first-order valence-corrected chi connectivity index (χ1v) is 5.81. The zero-order valence-electron chi connectivity index (χ0n) is 10.5. The van der Waals surface area contributed by atoms with Crippen molar-refractivity contribution < 1.29 is 4.79 Å². The van der Waals surface area contributed by atoms with Crippen LogP contribution in [-0.4, -0.2) is 5.91 Å². The van der Waals surface area contributed by atoms with Gasteiger partial charge in [0.05, 0.1) is 5.56 Å². The van der Waals surface area contributed by atoms with E-state index >= 15 is 0 Å². The van der Waals surface area contributed by atoms with E-state index in [9.17, 15) is 4.79 Å². The molecule has 0 atom stereocenters. The molecule has 3 nitrogen and oxygen atoms in total. The third-order valence-electron chi connectivity index (χ3n) is 2.92. The molecule has 18 heavy (non-hydrogen) atoms. The van der Waals surface area contributed by atoms with Crippen molar-refractivity contribution in [2.75, 3.05) is 0 Å². The predicted octanol–water partition coefficient (Wildman–Crippen LogP) is 2.57. The van der Waals surface area contributed by atoms with E-state index in [4.69, 9.17) is 5.84 Å². The van der Waals surface area contributed by atoms with Crippen molar-refractivity contribution in [1.82, 2.24) is 5.43 Å². The van der Waals surface area contributed by atoms with Crippen LogP contribution in [0.4, 0.5) is 0 Å². The van der Waals surface area contributed by atoms with Gasteiger partial charge in [-0.1, -0.05) is 48.0 Å². The number of rotatable bonds is 2. The third kappa shape index (κ3) is 2.26. The standard InChI is InChI=1S/C15H16N2O/c1-10-8-11(2)14(15(18)17-16)13(9-10)12-6-4-3-5-7-12/h3-9H,16H2,1-2H3,(H,17,18). The zero-order chi connectivity index (χ0) is 13.1. The van der Waals surface area contributed by atoms with Gasteiger partial charge in [0.15, 0.2) is 0 Å². The second kappa shape index (κ2) is 5.02. The summed E-state index contributed by atoms with van der Waals surface area (Å²) in [5.41, 5.74) is 6.83. The summed E-state index contributed by atoms with van der Waals surface area (Å²) in [4.78, 5) is 11.9. The number of aryl methyl sites for hydroxylation is 2. The van der Waals surface area contributed by atoms with Gasteiger partial charge in [-0.05, 0) is 30.5 Å². The Hall–Kier alpha value is -2.13. The lowest BCUT2D eigenvalue weighted by molar-refractivity contribution is 0.0953. The van der Waals surface area contributed by atoms with E-state index in [0.29, 0.717) is 5.56 Å². The summed E-state index contributed by atoms with van der Waals surface area (Å²) >= 11 is 0. The molecule has 2 aromatic carbocycles. The largest absolute Gasteiger partial charge is 0.290 e. The molecule has 0 spiro atoms. The molecule has 0 aliphatic heterocycles. The second-order valence-corrected chi connectivity index (χ2v) is 4.34. The Labute approximate surface area is 107 Å². The van der Waals surface area contributed by atoms with Gasteiger partial charge in [-0.3, -0.25) is 10.2 Å². The molecule has 0 aliphatic carbocycles. The maximum absolute atomic E-state index is 11.9. The van der Waals surface area contributed by atoms with E-state index in [1.807, 2.05) is 56.3 Å². The maximum atomic E-state index is 11.9. The molecule has 0 bridgehead atoms. The number of hydrogen-bond donors (Lipinski definition) is 2. The minimum atomic E-state index is -0.258. The van der Waals surface area contributed by atoms with Gasteiger partial charge in [0.1, 0.15) is 0 Å². The Morgan fingerprint density at radius 2 is 1.78 bits per heavy atom. The molecule has 0 unspecified atom stereocenters. The molecule has 0 radical (unpaired) electrons. The summed E-state index contributed by atoms with van der Waals surface area (Å²) in [7, 11) is 0. The number of hydrazine groups is 1. The highest BCUT2D eigenvalue weighted by Gasteiger charge is 2.15. The van der Waals surface area contributed by atoms with Crippen molar-refractivity contribution in [3.63, 3.8) is 0 Å². The number of amides is 1. The number of nitrogens with one attached hydrogen (secondary N) is 1. The van der Waals surface area contributed by atoms with Crippen molar-refractivity contribution in [3.05, 3.63) is 59.2 Å². The predicted molar refractivity (Wildman–Crippen MR) is 73.0 cm³/mol. The Morgan fingerprint density at radius 1 is 1.11 bits per heavy atom. The first-order valence-electron chi connectivity index (χ1n) is 5.81. The number of carbonyl (C=O) groups excluding carboxylic acids is 1. The minimum absolute atomic E-state index is 0.258. The Balaban J connectivity index is 2.69. The molecule has 0 aliphatic rings. The fraction of sp³-hybridized carbons (Fsp3) is 0.133. The molecule has 3 heteroatoms. The molecular weight excluding hydrogens is 224 g/mol. The smallest absolute Gasteiger partial charge is 0.266 e. The summed E-state index contributed by atoms with van der Waals surface area (Å²) in [6, 6.07) is 13.8. The summed E-state index contributed by atoms with van der Waals surface area (Å²) < 4.78 is 0. The zero-order valence-corrected chi connectivity index (χ0v) is 10.5. The molecule has 0 saturated heterocycles. The van der Waals surface area contributed by atoms with Gasteiger partial charge in [-0.2, -0.15) is 0 Å². The third-order valence-corrected chi connectivity index (χ3v) is 2.92. The van der Waals surface area contributed by atoms with Gasteiger partial charge in [-0.15, -0.1) is 0 Å². The quantitative estimate of drug-likeness (QED) is 0.481. The summed E-state index contributed by atoms with van der Waals surface area (Å²) in [5.74, 6) is 5.00. The topological polar surface area (TPSA) is 55.1 Å². The van der Waals surface area contributed by atoms with Gasteiger partial charge in [-0.25, -0.2) is 5.84 Å². The van der Waals surface area contributed by atoms with Gasteiger partial charge in [0.2, 0.25) is 0 Å². The highest BCUT2D eigenvalue weighted by Crippen LogP contribution is 2.27.